The van der Waals surface area contributed by atoms with Gasteiger partial charge in [0.25, 0.3) is 5.91 Å². The van der Waals surface area contributed by atoms with Crippen LogP contribution in [0.25, 0.3) is 11.3 Å². The summed E-state index contributed by atoms with van der Waals surface area (Å²) >= 11 is 0. The lowest BCUT2D eigenvalue weighted by Gasteiger charge is -2.32. The van der Waals surface area contributed by atoms with Crippen molar-refractivity contribution in [1.82, 2.24) is 14.6 Å². The molecule has 0 spiro atoms. The normalized spacial score (nSPS) is 21.7. The number of hydrogen-bond acceptors (Lipinski definition) is 4. The zero-order chi connectivity index (χ0) is 29.5. The van der Waals surface area contributed by atoms with Gasteiger partial charge in [0, 0.05) is 35.1 Å². The highest BCUT2D eigenvalue weighted by Crippen LogP contribution is 2.39. The van der Waals surface area contributed by atoms with Crippen LogP contribution in [-0.4, -0.2) is 41.5 Å². The van der Waals surface area contributed by atoms with E-state index >= 15 is 0 Å². The number of hydrogen-bond donors (Lipinski definition) is 3. The molecular weight excluding hydrogens is 538 g/mol. The minimum absolute atomic E-state index is 0.124. The van der Waals surface area contributed by atoms with Crippen molar-refractivity contribution in [1.29, 1.82) is 0 Å². The molecular formula is C32H45N3O5S. The molecule has 1 aromatic heterocycles. The number of fused-ring (bicyclic) bond motifs is 1. The molecule has 3 aliphatic rings. The second-order valence-corrected chi connectivity index (χ2v) is 15.1. The van der Waals surface area contributed by atoms with E-state index in [1.165, 1.54) is 32.1 Å². The summed E-state index contributed by atoms with van der Waals surface area (Å²) in [7, 11) is -3.69. The molecule has 2 aromatic rings. The van der Waals surface area contributed by atoms with Crippen molar-refractivity contribution in [2.45, 2.75) is 121 Å². The summed E-state index contributed by atoms with van der Waals surface area (Å²) in [5.41, 5.74) is 4.90. The molecule has 3 aliphatic carbocycles. The van der Waals surface area contributed by atoms with Crippen LogP contribution in [0.2, 0.25) is 0 Å². The number of nitrogens with zero attached hydrogens (tertiary/aromatic N) is 1. The average Bonchev–Trinajstić information content (AvgIpc) is 3.19. The van der Waals surface area contributed by atoms with Crippen LogP contribution in [0.15, 0.2) is 23.1 Å². The predicted molar refractivity (Wildman–Crippen MR) is 160 cm³/mol. The average molecular weight is 584 g/mol. The summed E-state index contributed by atoms with van der Waals surface area (Å²) in [6.07, 6.45) is 10.4. The van der Waals surface area contributed by atoms with Gasteiger partial charge in [-0.3, -0.25) is 9.59 Å². The molecule has 1 heterocycles. The standard InChI is InChI=1S/C32H45N3O5S/c1-20-27(30(36)33-23-16-22(17-23)31(37)38)18-28(35(20)19-21-10-6-5-7-11-21)25-14-15-29(26-13-9-8-12-24(25)26)41(39,40)34-32(2,3)4/h14-15,18,21-23,34H,5-13,16-17,19H2,1-4H3,(H,33,36)(H,37,38)/t22-,23-. The van der Waals surface area contributed by atoms with Gasteiger partial charge in [0.1, 0.15) is 0 Å². The third kappa shape index (κ3) is 6.41. The molecule has 9 heteroatoms. The molecule has 0 unspecified atom stereocenters. The number of nitrogens with one attached hydrogen (secondary N) is 2. The third-order valence-electron chi connectivity index (χ3n) is 9.10. The van der Waals surface area contributed by atoms with Crippen molar-refractivity contribution < 1.29 is 23.1 Å². The van der Waals surface area contributed by atoms with Crippen molar-refractivity contribution in [2.75, 3.05) is 0 Å². The first kappa shape index (κ1) is 29.8. The van der Waals surface area contributed by atoms with Crippen LogP contribution in [-0.2, 0) is 34.2 Å². The van der Waals surface area contributed by atoms with Gasteiger partial charge in [-0.05, 0) is 108 Å². The van der Waals surface area contributed by atoms with E-state index in [1.807, 2.05) is 39.8 Å². The Hall–Kier alpha value is -2.65. The Morgan fingerprint density at radius 2 is 1.66 bits per heavy atom. The van der Waals surface area contributed by atoms with E-state index in [9.17, 15) is 23.1 Å². The lowest BCUT2D eigenvalue weighted by molar-refractivity contribution is -0.145. The van der Waals surface area contributed by atoms with Crippen LogP contribution in [0.5, 0.6) is 0 Å². The maximum atomic E-state index is 13.5. The van der Waals surface area contributed by atoms with E-state index in [2.05, 4.69) is 14.6 Å². The van der Waals surface area contributed by atoms with Crippen molar-refractivity contribution in [3.8, 4) is 11.3 Å². The monoisotopic (exact) mass is 583 g/mol. The molecule has 2 fully saturated rings. The van der Waals surface area contributed by atoms with Gasteiger partial charge in [-0.2, -0.15) is 0 Å². The number of carbonyl (C=O) groups excluding carboxylic acids is 1. The van der Waals surface area contributed by atoms with E-state index in [0.29, 0.717) is 35.6 Å². The fourth-order valence-corrected chi connectivity index (χ4v) is 8.66. The molecule has 5 rings (SSSR count). The topological polar surface area (TPSA) is 118 Å². The molecule has 0 radical (unpaired) electrons. The molecule has 0 atom stereocenters. The van der Waals surface area contributed by atoms with Crippen molar-refractivity contribution in [2.24, 2.45) is 11.8 Å². The smallest absolute Gasteiger partial charge is 0.306 e. The molecule has 1 amide bonds. The van der Waals surface area contributed by atoms with Gasteiger partial charge in [0.15, 0.2) is 0 Å². The Bertz CT molecular complexity index is 1420. The summed E-state index contributed by atoms with van der Waals surface area (Å²) < 4.78 is 32.0. The zero-order valence-corrected chi connectivity index (χ0v) is 25.7. The molecule has 0 bridgehead atoms. The van der Waals surface area contributed by atoms with Crippen molar-refractivity contribution in [3.05, 3.63) is 40.6 Å². The van der Waals surface area contributed by atoms with Crippen LogP contribution in [0.4, 0.5) is 0 Å². The Balaban J connectivity index is 1.55. The number of sulfonamides is 1. The predicted octanol–water partition coefficient (Wildman–Crippen LogP) is 5.59. The number of rotatable bonds is 8. The van der Waals surface area contributed by atoms with E-state index < -0.39 is 21.5 Å². The van der Waals surface area contributed by atoms with Gasteiger partial charge in [-0.25, -0.2) is 13.1 Å². The summed E-state index contributed by atoms with van der Waals surface area (Å²) in [6, 6.07) is 5.55. The van der Waals surface area contributed by atoms with Crippen LogP contribution >= 0.6 is 0 Å². The molecule has 1 aromatic carbocycles. The van der Waals surface area contributed by atoms with Gasteiger partial charge in [-0.1, -0.05) is 25.3 Å². The molecule has 224 valence electrons. The summed E-state index contributed by atoms with van der Waals surface area (Å²) in [6.45, 7) is 8.39. The maximum absolute atomic E-state index is 13.5. The first-order valence-corrected chi connectivity index (χ1v) is 16.8. The Kier molecular flexibility index (Phi) is 8.41. The number of carboxylic acids is 1. The quantitative estimate of drug-likeness (QED) is 0.374. The largest absolute Gasteiger partial charge is 0.481 e. The highest BCUT2D eigenvalue weighted by molar-refractivity contribution is 7.89. The van der Waals surface area contributed by atoms with E-state index in [1.54, 1.807) is 6.07 Å². The summed E-state index contributed by atoms with van der Waals surface area (Å²) in [4.78, 5) is 25.1. The summed E-state index contributed by atoms with van der Waals surface area (Å²) in [5, 5.41) is 12.3. The van der Waals surface area contributed by atoms with E-state index in [-0.39, 0.29) is 17.9 Å². The zero-order valence-electron chi connectivity index (χ0n) is 24.9. The highest BCUT2D eigenvalue weighted by atomic mass is 32.2. The van der Waals surface area contributed by atoms with Crippen LogP contribution in [0.1, 0.15) is 106 Å². The first-order valence-electron chi connectivity index (χ1n) is 15.3. The second kappa shape index (κ2) is 11.6. The second-order valence-electron chi connectivity index (χ2n) is 13.5. The van der Waals surface area contributed by atoms with Crippen LogP contribution in [0, 0.1) is 18.8 Å². The van der Waals surface area contributed by atoms with Crippen LogP contribution < -0.4 is 10.0 Å². The lowest BCUT2D eigenvalue weighted by Crippen LogP contribution is -2.46. The summed E-state index contributed by atoms with van der Waals surface area (Å²) in [5.74, 6) is -0.816. The Morgan fingerprint density at radius 1 is 1.00 bits per heavy atom. The molecule has 8 nitrogen and oxygen atoms in total. The minimum atomic E-state index is -3.69. The van der Waals surface area contributed by atoms with Gasteiger partial charge in [0.05, 0.1) is 16.4 Å². The SMILES string of the molecule is Cc1c(C(=O)N[C@H]2C[C@H](C(=O)O)C2)cc(-c2ccc(S(=O)(=O)NC(C)(C)C)c3c2CCCC3)n1CC1CCCCC1. The Labute approximate surface area is 244 Å². The number of carbonyl (C=O) groups is 2. The number of benzene rings is 1. The molecule has 0 saturated heterocycles. The highest BCUT2D eigenvalue weighted by Gasteiger charge is 2.36. The number of aromatic nitrogens is 1. The molecule has 0 aliphatic heterocycles. The molecule has 2 saturated carbocycles. The fourth-order valence-electron chi connectivity index (χ4n) is 6.95. The third-order valence-corrected chi connectivity index (χ3v) is 10.9. The minimum Gasteiger partial charge on any atom is -0.481 e. The Morgan fingerprint density at radius 3 is 2.29 bits per heavy atom. The fraction of sp³-hybridized carbons (Fsp3) is 0.625. The van der Waals surface area contributed by atoms with Gasteiger partial charge >= 0.3 is 5.97 Å². The first-order chi connectivity index (χ1) is 19.3. The van der Waals surface area contributed by atoms with Gasteiger partial charge < -0.3 is 15.0 Å². The number of carboxylic acid groups (broad SMARTS) is 1. The molecule has 41 heavy (non-hydrogen) atoms. The van der Waals surface area contributed by atoms with Gasteiger partial charge in [-0.15, -0.1) is 0 Å². The maximum Gasteiger partial charge on any atom is 0.306 e. The number of aliphatic carboxylic acids is 1. The molecule has 3 N–H and O–H groups in total. The van der Waals surface area contributed by atoms with Crippen molar-refractivity contribution >= 4 is 21.9 Å². The lowest BCUT2D eigenvalue weighted by atomic mass is 9.80. The van der Waals surface area contributed by atoms with Crippen LogP contribution in [0.3, 0.4) is 0 Å². The van der Waals surface area contributed by atoms with E-state index in [4.69, 9.17) is 0 Å². The number of amides is 1. The van der Waals surface area contributed by atoms with E-state index in [0.717, 1.165) is 53.9 Å². The van der Waals surface area contributed by atoms with Gasteiger partial charge in [0.2, 0.25) is 10.0 Å². The van der Waals surface area contributed by atoms with Crippen molar-refractivity contribution in [3.63, 3.8) is 0 Å².